The second-order valence-corrected chi connectivity index (χ2v) is 2.73. The van der Waals surface area contributed by atoms with Crippen molar-refractivity contribution in [1.29, 1.82) is 0 Å². The number of hydrogen-bond donors (Lipinski definition) is 0. The molecule has 8 heteroatoms. The second-order valence-electron chi connectivity index (χ2n) is 2.73. The normalized spacial score (nSPS) is 11.4. The molecule has 0 unspecified atom stereocenters. The molecule has 0 saturated heterocycles. The molecule has 0 fully saturated rings. The molecule has 0 radical (unpaired) electrons. The van der Waals surface area contributed by atoms with E-state index in [-0.39, 0.29) is 0 Å². The molecule has 94 valence electrons. The summed E-state index contributed by atoms with van der Waals surface area (Å²) in [7, 11) is 2.00. The number of methoxy groups -OCH3 is 2. The minimum atomic E-state index is -4.52. The first kappa shape index (κ1) is 14.7. The van der Waals surface area contributed by atoms with Gasteiger partial charge in [-0.1, -0.05) is 0 Å². The molecule has 0 aliphatic rings. The van der Waals surface area contributed by atoms with Gasteiger partial charge in [0.1, 0.15) is 6.61 Å². The zero-order valence-corrected chi connectivity index (χ0v) is 8.67. The molecule has 0 spiro atoms. The Labute approximate surface area is 89.5 Å². The molecule has 0 bridgehead atoms. The third kappa shape index (κ3) is 5.54. The molecule has 0 heterocycles. The SMILES string of the molecule is COC(=O)C(COCC(F)(F)F)C(=O)OC. The number of alkyl halides is 3. The van der Waals surface area contributed by atoms with Crippen molar-refractivity contribution in [1.82, 2.24) is 0 Å². The van der Waals surface area contributed by atoms with Crippen LogP contribution < -0.4 is 0 Å². The highest BCUT2D eigenvalue weighted by atomic mass is 19.4. The Morgan fingerprint density at radius 1 is 1.12 bits per heavy atom. The summed E-state index contributed by atoms with van der Waals surface area (Å²) in [5.41, 5.74) is 0. The minimum Gasteiger partial charge on any atom is -0.468 e. The average Bonchev–Trinajstić information content (AvgIpc) is 2.21. The van der Waals surface area contributed by atoms with E-state index in [4.69, 9.17) is 0 Å². The molecule has 0 N–H and O–H groups in total. The summed E-state index contributed by atoms with van der Waals surface area (Å²) in [6.07, 6.45) is -4.52. The van der Waals surface area contributed by atoms with E-state index < -0.39 is 37.2 Å². The molecular weight excluding hydrogens is 233 g/mol. The number of esters is 2. The first-order valence-corrected chi connectivity index (χ1v) is 4.12. The van der Waals surface area contributed by atoms with Crippen LogP contribution in [0.3, 0.4) is 0 Å². The summed E-state index contributed by atoms with van der Waals surface area (Å²) >= 11 is 0. The monoisotopic (exact) mass is 244 g/mol. The van der Waals surface area contributed by atoms with Gasteiger partial charge in [0.05, 0.1) is 20.8 Å². The van der Waals surface area contributed by atoms with E-state index in [1.54, 1.807) is 0 Å². The van der Waals surface area contributed by atoms with E-state index >= 15 is 0 Å². The van der Waals surface area contributed by atoms with Crippen molar-refractivity contribution >= 4 is 11.9 Å². The van der Waals surface area contributed by atoms with Gasteiger partial charge in [-0.15, -0.1) is 0 Å². The van der Waals surface area contributed by atoms with Crippen molar-refractivity contribution in [2.75, 3.05) is 27.4 Å². The van der Waals surface area contributed by atoms with Crippen LogP contribution in [0, 0.1) is 5.92 Å². The lowest BCUT2D eigenvalue weighted by Gasteiger charge is -2.13. The quantitative estimate of drug-likeness (QED) is 0.521. The van der Waals surface area contributed by atoms with Crippen molar-refractivity contribution in [3.63, 3.8) is 0 Å². The van der Waals surface area contributed by atoms with Gasteiger partial charge in [0.25, 0.3) is 0 Å². The van der Waals surface area contributed by atoms with Crippen LogP contribution in [0.25, 0.3) is 0 Å². The zero-order valence-electron chi connectivity index (χ0n) is 8.67. The molecular formula is C8H11F3O5. The Morgan fingerprint density at radius 3 is 1.88 bits per heavy atom. The first-order chi connectivity index (χ1) is 7.31. The Kier molecular flexibility index (Phi) is 5.79. The molecule has 16 heavy (non-hydrogen) atoms. The predicted octanol–water partition coefficient (Wildman–Crippen LogP) is 0.527. The van der Waals surface area contributed by atoms with Crippen LogP contribution in [-0.4, -0.2) is 45.5 Å². The van der Waals surface area contributed by atoms with Crippen LogP contribution >= 0.6 is 0 Å². The van der Waals surface area contributed by atoms with E-state index in [1.807, 2.05) is 0 Å². The number of halogens is 3. The van der Waals surface area contributed by atoms with Crippen LogP contribution in [0.2, 0.25) is 0 Å². The Balaban J connectivity index is 4.24. The Bertz CT molecular complexity index is 235. The van der Waals surface area contributed by atoms with Gasteiger partial charge in [-0.3, -0.25) is 9.59 Å². The third-order valence-corrected chi connectivity index (χ3v) is 1.52. The Hall–Kier alpha value is -1.31. The first-order valence-electron chi connectivity index (χ1n) is 4.12. The van der Waals surface area contributed by atoms with Crippen LogP contribution in [0.4, 0.5) is 13.2 Å². The molecule has 0 saturated carbocycles. The van der Waals surface area contributed by atoms with E-state index in [9.17, 15) is 22.8 Å². The van der Waals surface area contributed by atoms with Crippen LogP contribution in [0.15, 0.2) is 0 Å². The lowest BCUT2D eigenvalue weighted by molar-refractivity contribution is -0.184. The second kappa shape index (κ2) is 6.31. The van der Waals surface area contributed by atoms with Gasteiger partial charge in [0, 0.05) is 0 Å². The van der Waals surface area contributed by atoms with Crippen molar-refractivity contribution < 1.29 is 37.0 Å². The molecule has 0 rings (SSSR count). The smallest absolute Gasteiger partial charge is 0.411 e. The molecule has 0 aliphatic carbocycles. The molecule has 0 atom stereocenters. The maximum atomic E-state index is 11.7. The fourth-order valence-corrected chi connectivity index (χ4v) is 0.809. The average molecular weight is 244 g/mol. The van der Waals surface area contributed by atoms with Crippen LogP contribution in [0.1, 0.15) is 0 Å². The molecule has 0 aromatic rings. The van der Waals surface area contributed by atoms with Gasteiger partial charge < -0.3 is 14.2 Å². The minimum absolute atomic E-state index is 0.737. The molecule has 0 aromatic carbocycles. The maximum absolute atomic E-state index is 11.7. The molecule has 0 aromatic heterocycles. The lowest BCUT2D eigenvalue weighted by Crippen LogP contribution is -2.32. The summed E-state index contributed by atoms with van der Waals surface area (Å²) in [5.74, 6) is -3.51. The molecule has 0 aliphatic heterocycles. The van der Waals surface area contributed by atoms with E-state index in [1.165, 1.54) is 0 Å². The van der Waals surface area contributed by atoms with Crippen molar-refractivity contribution in [2.45, 2.75) is 6.18 Å². The standard InChI is InChI=1S/C8H11F3O5/c1-14-6(12)5(7(13)15-2)3-16-4-8(9,10)11/h5H,3-4H2,1-2H3. The predicted molar refractivity (Wildman–Crippen MR) is 44.4 cm³/mol. The fraction of sp³-hybridized carbons (Fsp3) is 0.750. The van der Waals surface area contributed by atoms with Crippen molar-refractivity contribution in [3.05, 3.63) is 0 Å². The Morgan fingerprint density at radius 2 is 1.56 bits per heavy atom. The highest BCUT2D eigenvalue weighted by Crippen LogP contribution is 2.15. The molecule has 0 amide bonds. The fourth-order valence-electron chi connectivity index (χ4n) is 0.809. The van der Waals surface area contributed by atoms with Gasteiger partial charge in [-0.05, 0) is 0 Å². The highest BCUT2D eigenvalue weighted by Gasteiger charge is 2.32. The number of hydrogen-bond acceptors (Lipinski definition) is 5. The van der Waals surface area contributed by atoms with E-state index in [2.05, 4.69) is 14.2 Å². The van der Waals surface area contributed by atoms with Gasteiger partial charge in [-0.2, -0.15) is 13.2 Å². The summed E-state index contributed by atoms with van der Waals surface area (Å²) < 4.78 is 47.8. The third-order valence-electron chi connectivity index (χ3n) is 1.52. The van der Waals surface area contributed by atoms with Gasteiger partial charge in [0.15, 0.2) is 5.92 Å². The van der Waals surface area contributed by atoms with E-state index in [0.717, 1.165) is 14.2 Å². The van der Waals surface area contributed by atoms with Crippen molar-refractivity contribution in [3.8, 4) is 0 Å². The summed E-state index contributed by atoms with van der Waals surface area (Å²) in [6, 6.07) is 0. The lowest BCUT2D eigenvalue weighted by atomic mass is 10.2. The topological polar surface area (TPSA) is 61.8 Å². The van der Waals surface area contributed by atoms with Gasteiger partial charge >= 0.3 is 18.1 Å². The van der Waals surface area contributed by atoms with Crippen LogP contribution in [-0.2, 0) is 23.8 Å². The molecule has 5 nitrogen and oxygen atoms in total. The van der Waals surface area contributed by atoms with Crippen molar-refractivity contribution in [2.24, 2.45) is 5.92 Å². The van der Waals surface area contributed by atoms with E-state index in [0.29, 0.717) is 0 Å². The van der Waals surface area contributed by atoms with Gasteiger partial charge in [-0.25, -0.2) is 0 Å². The summed E-state index contributed by atoms with van der Waals surface area (Å²) in [4.78, 5) is 22.0. The number of carbonyl (C=O) groups is 2. The highest BCUT2D eigenvalue weighted by molar-refractivity contribution is 5.94. The number of ether oxygens (including phenoxy) is 3. The summed E-state index contributed by atoms with van der Waals surface area (Å²) in [6.45, 7) is -2.28. The van der Waals surface area contributed by atoms with Crippen LogP contribution in [0.5, 0.6) is 0 Å². The number of carbonyl (C=O) groups excluding carboxylic acids is 2. The zero-order chi connectivity index (χ0) is 12.8. The summed E-state index contributed by atoms with van der Waals surface area (Å²) in [5, 5.41) is 0. The largest absolute Gasteiger partial charge is 0.468 e. The number of rotatable bonds is 5. The maximum Gasteiger partial charge on any atom is 0.411 e. The van der Waals surface area contributed by atoms with Gasteiger partial charge in [0.2, 0.25) is 0 Å².